The first-order valence-corrected chi connectivity index (χ1v) is 8.51. The molecule has 106 valence electrons. The zero-order valence-corrected chi connectivity index (χ0v) is 13.1. The molecule has 0 radical (unpaired) electrons. The van der Waals surface area contributed by atoms with E-state index in [0.29, 0.717) is 6.04 Å². The zero-order valence-electron chi connectivity index (χ0n) is 12.3. The monoisotopic (exact) mass is 285 g/mol. The van der Waals surface area contributed by atoms with Gasteiger partial charge in [0.25, 0.3) is 0 Å². The van der Waals surface area contributed by atoms with E-state index in [0.717, 1.165) is 0 Å². The molecule has 1 unspecified atom stereocenters. The lowest BCUT2D eigenvalue weighted by atomic mass is 10.0. The van der Waals surface area contributed by atoms with Gasteiger partial charge >= 0.3 is 0 Å². The highest BCUT2D eigenvalue weighted by atomic mass is 32.2. The van der Waals surface area contributed by atoms with Gasteiger partial charge in [-0.2, -0.15) is 0 Å². The van der Waals surface area contributed by atoms with Gasteiger partial charge in [0.05, 0.1) is 6.04 Å². The first kappa shape index (κ1) is 15.0. The van der Waals surface area contributed by atoms with Gasteiger partial charge in [0.2, 0.25) is 0 Å². The Morgan fingerprint density at radius 3 is 2.30 bits per heavy atom. The second kappa shape index (κ2) is 8.01. The number of benzene rings is 2. The van der Waals surface area contributed by atoms with Crippen molar-refractivity contribution in [3.63, 3.8) is 0 Å². The second-order valence-corrected chi connectivity index (χ2v) is 5.86. The van der Waals surface area contributed by atoms with Crippen molar-refractivity contribution in [2.75, 3.05) is 11.6 Å². The number of hydrogen-bond donors (Lipinski definition) is 1. The van der Waals surface area contributed by atoms with Crippen LogP contribution in [-0.4, -0.2) is 6.26 Å². The molecule has 1 N–H and O–H groups in total. The molecule has 0 aromatic heterocycles. The molecule has 0 saturated heterocycles. The number of hydrogen-bond acceptors (Lipinski definition) is 2. The van der Waals surface area contributed by atoms with Crippen LogP contribution in [-0.2, 0) is 0 Å². The normalized spacial score (nSPS) is 12.1. The molecular weight excluding hydrogens is 262 g/mol. The molecular formula is C18H23NS. The van der Waals surface area contributed by atoms with Crippen LogP contribution < -0.4 is 5.32 Å². The predicted molar refractivity (Wildman–Crippen MR) is 90.6 cm³/mol. The molecule has 0 aliphatic rings. The third kappa shape index (κ3) is 4.31. The average Bonchev–Trinajstić information content (AvgIpc) is 2.53. The van der Waals surface area contributed by atoms with Crippen molar-refractivity contribution < 1.29 is 0 Å². The molecule has 2 aromatic carbocycles. The van der Waals surface area contributed by atoms with Gasteiger partial charge < -0.3 is 5.32 Å². The minimum atomic E-state index is 0.399. The zero-order chi connectivity index (χ0) is 14.2. The van der Waals surface area contributed by atoms with Crippen molar-refractivity contribution in [1.82, 2.24) is 0 Å². The van der Waals surface area contributed by atoms with Gasteiger partial charge in [0, 0.05) is 10.6 Å². The Morgan fingerprint density at radius 2 is 1.70 bits per heavy atom. The molecule has 0 aliphatic heterocycles. The molecule has 2 heteroatoms. The Bertz CT molecular complexity index is 493. The average molecular weight is 285 g/mol. The second-order valence-electron chi connectivity index (χ2n) is 4.98. The van der Waals surface area contributed by atoms with Crippen LogP contribution in [0.4, 0.5) is 5.69 Å². The minimum Gasteiger partial charge on any atom is -0.378 e. The molecule has 1 atom stereocenters. The summed E-state index contributed by atoms with van der Waals surface area (Å²) in [6.45, 7) is 2.25. The summed E-state index contributed by atoms with van der Waals surface area (Å²) in [5.74, 6) is 0. The Kier molecular flexibility index (Phi) is 6.00. The van der Waals surface area contributed by atoms with Gasteiger partial charge in [-0.25, -0.2) is 0 Å². The molecule has 0 saturated carbocycles. The Morgan fingerprint density at radius 1 is 1.00 bits per heavy atom. The van der Waals surface area contributed by atoms with E-state index in [1.54, 1.807) is 11.8 Å². The minimum absolute atomic E-state index is 0.399. The van der Waals surface area contributed by atoms with Crippen molar-refractivity contribution in [1.29, 1.82) is 0 Å². The number of thioether (sulfide) groups is 1. The molecule has 0 spiro atoms. The van der Waals surface area contributed by atoms with E-state index in [4.69, 9.17) is 0 Å². The van der Waals surface area contributed by atoms with Crippen LogP contribution in [0.2, 0.25) is 0 Å². The quantitative estimate of drug-likeness (QED) is 0.650. The van der Waals surface area contributed by atoms with E-state index in [2.05, 4.69) is 73.1 Å². The van der Waals surface area contributed by atoms with E-state index in [9.17, 15) is 0 Å². The van der Waals surface area contributed by atoms with E-state index < -0.39 is 0 Å². The fourth-order valence-corrected chi connectivity index (χ4v) is 2.71. The molecule has 0 aliphatic carbocycles. The van der Waals surface area contributed by atoms with Crippen LogP contribution in [0.3, 0.4) is 0 Å². The summed E-state index contributed by atoms with van der Waals surface area (Å²) >= 11 is 1.78. The van der Waals surface area contributed by atoms with Crippen molar-refractivity contribution in [3.8, 4) is 0 Å². The number of unbranched alkanes of at least 4 members (excludes halogenated alkanes) is 1. The summed E-state index contributed by atoms with van der Waals surface area (Å²) in [5.41, 5.74) is 2.57. The van der Waals surface area contributed by atoms with Crippen molar-refractivity contribution >= 4 is 17.4 Å². The molecule has 2 rings (SSSR count). The Hall–Kier alpha value is -1.41. The largest absolute Gasteiger partial charge is 0.378 e. The van der Waals surface area contributed by atoms with Crippen LogP contribution in [0.1, 0.15) is 37.8 Å². The summed E-state index contributed by atoms with van der Waals surface area (Å²) in [6.07, 6.45) is 5.76. The molecule has 0 fully saturated rings. The highest BCUT2D eigenvalue weighted by Crippen LogP contribution is 2.26. The highest BCUT2D eigenvalue weighted by Gasteiger charge is 2.10. The van der Waals surface area contributed by atoms with E-state index >= 15 is 0 Å². The lowest BCUT2D eigenvalue weighted by molar-refractivity contribution is 0.634. The van der Waals surface area contributed by atoms with Crippen LogP contribution in [0.5, 0.6) is 0 Å². The van der Waals surface area contributed by atoms with Crippen LogP contribution >= 0.6 is 11.8 Å². The van der Waals surface area contributed by atoms with Crippen LogP contribution in [0, 0.1) is 0 Å². The predicted octanol–water partition coefficient (Wildman–Crippen LogP) is 5.75. The highest BCUT2D eigenvalue weighted by molar-refractivity contribution is 7.98. The van der Waals surface area contributed by atoms with Gasteiger partial charge in [0.1, 0.15) is 0 Å². The number of rotatable bonds is 7. The lowest BCUT2D eigenvalue weighted by Gasteiger charge is -2.20. The third-order valence-corrected chi connectivity index (χ3v) is 4.22. The molecule has 1 nitrogen and oxygen atoms in total. The first-order chi connectivity index (χ1) is 9.83. The van der Waals surface area contributed by atoms with Crippen LogP contribution in [0.15, 0.2) is 59.5 Å². The van der Waals surface area contributed by atoms with Gasteiger partial charge in [-0.05, 0) is 42.5 Å². The van der Waals surface area contributed by atoms with Gasteiger partial charge in [-0.15, -0.1) is 11.8 Å². The standard InChI is InChI=1S/C18H23NS/c1-3-4-10-18(15-8-6-5-7-9-15)19-16-11-13-17(20-2)14-12-16/h5-9,11-14,18-19H,3-4,10H2,1-2H3. The van der Waals surface area contributed by atoms with E-state index in [1.165, 1.54) is 35.4 Å². The summed E-state index contributed by atoms with van der Waals surface area (Å²) in [4.78, 5) is 1.31. The maximum atomic E-state index is 3.67. The summed E-state index contributed by atoms with van der Waals surface area (Å²) in [5, 5.41) is 3.67. The maximum Gasteiger partial charge on any atom is 0.0513 e. The fraction of sp³-hybridized carbons (Fsp3) is 0.333. The van der Waals surface area contributed by atoms with Gasteiger partial charge in [-0.1, -0.05) is 50.1 Å². The van der Waals surface area contributed by atoms with Gasteiger partial charge in [-0.3, -0.25) is 0 Å². The van der Waals surface area contributed by atoms with E-state index in [1.807, 2.05) is 0 Å². The molecule has 0 heterocycles. The number of nitrogens with one attached hydrogen (secondary N) is 1. The Balaban J connectivity index is 2.10. The van der Waals surface area contributed by atoms with Crippen molar-refractivity contribution in [2.24, 2.45) is 0 Å². The molecule has 0 amide bonds. The molecule has 0 bridgehead atoms. The van der Waals surface area contributed by atoms with Crippen molar-refractivity contribution in [2.45, 2.75) is 37.1 Å². The number of anilines is 1. The summed E-state index contributed by atoms with van der Waals surface area (Å²) < 4.78 is 0. The fourth-order valence-electron chi connectivity index (χ4n) is 2.30. The lowest BCUT2D eigenvalue weighted by Crippen LogP contribution is -2.10. The van der Waals surface area contributed by atoms with E-state index in [-0.39, 0.29) is 0 Å². The first-order valence-electron chi connectivity index (χ1n) is 7.29. The Labute approximate surface area is 126 Å². The summed E-state index contributed by atoms with van der Waals surface area (Å²) in [6, 6.07) is 19.8. The maximum absolute atomic E-state index is 3.67. The van der Waals surface area contributed by atoms with Gasteiger partial charge in [0.15, 0.2) is 0 Å². The summed E-state index contributed by atoms with van der Waals surface area (Å²) in [7, 11) is 0. The van der Waals surface area contributed by atoms with Crippen LogP contribution in [0.25, 0.3) is 0 Å². The molecule has 20 heavy (non-hydrogen) atoms. The molecule has 2 aromatic rings. The topological polar surface area (TPSA) is 12.0 Å². The SMILES string of the molecule is CCCCC(Nc1ccc(SC)cc1)c1ccccc1. The smallest absolute Gasteiger partial charge is 0.0513 e. The third-order valence-electron chi connectivity index (χ3n) is 3.48. The van der Waals surface area contributed by atoms with Crippen molar-refractivity contribution in [3.05, 3.63) is 60.2 Å².